The van der Waals surface area contributed by atoms with Gasteiger partial charge in [-0.25, -0.2) is 14.0 Å². The van der Waals surface area contributed by atoms with E-state index in [0.29, 0.717) is 31.0 Å². The minimum atomic E-state index is -0.490. The highest BCUT2D eigenvalue weighted by Gasteiger charge is 2.33. The molecule has 0 bridgehead atoms. The predicted molar refractivity (Wildman–Crippen MR) is 90.4 cm³/mol. The van der Waals surface area contributed by atoms with Gasteiger partial charge < -0.3 is 19.7 Å². The number of cyclic esters (lactones) is 1. The third-order valence-electron chi connectivity index (χ3n) is 4.65. The number of ether oxygens (including phenoxy) is 2. The van der Waals surface area contributed by atoms with E-state index < -0.39 is 18.0 Å². The summed E-state index contributed by atoms with van der Waals surface area (Å²) in [6.45, 7) is 5.31. The third-order valence-corrected chi connectivity index (χ3v) is 4.65. The molecule has 2 heterocycles. The molecule has 8 heteroatoms. The average Bonchev–Trinajstić information content (AvgIpc) is 3.09. The number of hydrogen-bond donors (Lipinski definition) is 1. The van der Waals surface area contributed by atoms with Crippen LogP contribution in [0.15, 0.2) is 18.2 Å². The Balaban J connectivity index is 1.73. The van der Waals surface area contributed by atoms with Crippen LogP contribution >= 0.6 is 0 Å². The van der Waals surface area contributed by atoms with Gasteiger partial charge in [-0.15, -0.1) is 0 Å². The van der Waals surface area contributed by atoms with Crippen LogP contribution in [0.25, 0.3) is 0 Å². The summed E-state index contributed by atoms with van der Waals surface area (Å²) in [5, 5.41) is 2.77. The SMILES string of the molecule is COC(=O)N[C@H]1CN(c2ccc(N3CC(C)OC3=O)cc2F)C[C@H]1C. The van der Waals surface area contributed by atoms with Gasteiger partial charge in [-0.2, -0.15) is 0 Å². The molecule has 25 heavy (non-hydrogen) atoms. The van der Waals surface area contributed by atoms with E-state index in [1.807, 2.05) is 11.8 Å². The van der Waals surface area contributed by atoms with Crippen LogP contribution in [0.1, 0.15) is 13.8 Å². The Morgan fingerprint density at radius 2 is 2.08 bits per heavy atom. The van der Waals surface area contributed by atoms with E-state index in [-0.39, 0.29) is 18.1 Å². The number of carbonyl (C=O) groups is 2. The molecule has 0 radical (unpaired) electrons. The van der Waals surface area contributed by atoms with Crippen LogP contribution in [-0.4, -0.2) is 51.1 Å². The Labute approximate surface area is 145 Å². The smallest absolute Gasteiger partial charge is 0.414 e. The summed E-state index contributed by atoms with van der Waals surface area (Å²) in [5.74, 6) is -0.247. The summed E-state index contributed by atoms with van der Waals surface area (Å²) in [5.41, 5.74) is 0.928. The molecule has 2 saturated heterocycles. The largest absolute Gasteiger partial charge is 0.453 e. The molecule has 1 aromatic rings. The monoisotopic (exact) mass is 351 g/mol. The van der Waals surface area contributed by atoms with E-state index in [1.54, 1.807) is 19.1 Å². The van der Waals surface area contributed by atoms with Gasteiger partial charge in [0.25, 0.3) is 0 Å². The molecule has 1 aromatic carbocycles. The van der Waals surface area contributed by atoms with Gasteiger partial charge in [0.05, 0.1) is 31.1 Å². The fourth-order valence-electron chi connectivity index (χ4n) is 3.30. The lowest BCUT2D eigenvalue weighted by atomic mass is 10.1. The topological polar surface area (TPSA) is 71.1 Å². The highest BCUT2D eigenvalue weighted by molar-refractivity contribution is 5.90. The van der Waals surface area contributed by atoms with Crippen molar-refractivity contribution in [1.29, 1.82) is 0 Å². The first kappa shape index (κ1) is 17.3. The first-order valence-electron chi connectivity index (χ1n) is 8.26. The third kappa shape index (κ3) is 3.47. The number of methoxy groups -OCH3 is 1. The van der Waals surface area contributed by atoms with Crippen LogP contribution in [0.3, 0.4) is 0 Å². The molecule has 2 aliphatic rings. The Kier molecular flexibility index (Phi) is 4.69. The first-order valence-corrected chi connectivity index (χ1v) is 8.26. The van der Waals surface area contributed by atoms with Crippen molar-refractivity contribution in [3.8, 4) is 0 Å². The van der Waals surface area contributed by atoms with Crippen molar-refractivity contribution in [2.45, 2.75) is 26.0 Å². The van der Waals surface area contributed by atoms with Gasteiger partial charge in [0.2, 0.25) is 0 Å². The number of nitrogens with one attached hydrogen (secondary N) is 1. The van der Waals surface area contributed by atoms with E-state index in [4.69, 9.17) is 4.74 Å². The molecule has 1 N–H and O–H groups in total. The van der Waals surface area contributed by atoms with Crippen molar-refractivity contribution in [2.75, 3.05) is 36.5 Å². The predicted octanol–water partition coefficient (Wildman–Crippen LogP) is 2.35. The Hall–Kier alpha value is -2.51. The second kappa shape index (κ2) is 6.78. The Morgan fingerprint density at radius 3 is 2.68 bits per heavy atom. The van der Waals surface area contributed by atoms with Crippen molar-refractivity contribution < 1.29 is 23.5 Å². The van der Waals surface area contributed by atoms with E-state index in [0.717, 1.165) is 0 Å². The normalized spacial score (nSPS) is 25.9. The van der Waals surface area contributed by atoms with Crippen LogP contribution in [0, 0.1) is 11.7 Å². The summed E-state index contributed by atoms with van der Waals surface area (Å²) in [6.07, 6.45) is -1.16. The van der Waals surface area contributed by atoms with Crippen molar-refractivity contribution in [3.63, 3.8) is 0 Å². The second-order valence-electron chi connectivity index (χ2n) is 6.57. The maximum Gasteiger partial charge on any atom is 0.414 e. The van der Waals surface area contributed by atoms with Crippen molar-refractivity contribution in [2.24, 2.45) is 5.92 Å². The van der Waals surface area contributed by atoms with Crippen LogP contribution in [-0.2, 0) is 9.47 Å². The van der Waals surface area contributed by atoms with Gasteiger partial charge in [0.1, 0.15) is 11.9 Å². The molecule has 3 atom stereocenters. The van der Waals surface area contributed by atoms with E-state index in [9.17, 15) is 14.0 Å². The number of anilines is 2. The Morgan fingerprint density at radius 1 is 1.32 bits per heavy atom. The van der Waals surface area contributed by atoms with Crippen LogP contribution in [0.5, 0.6) is 0 Å². The number of hydrogen-bond acceptors (Lipinski definition) is 5. The zero-order valence-corrected chi connectivity index (χ0v) is 14.5. The van der Waals surface area contributed by atoms with Crippen LogP contribution in [0.4, 0.5) is 25.4 Å². The molecule has 0 saturated carbocycles. The molecule has 0 aliphatic carbocycles. The maximum atomic E-state index is 14.6. The summed E-state index contributed by atoms with van der Waals surface area (Å²) < 4.78 is 24.3. The van der Waals surface area contributed by atoms with Gasteiger partial charge in [-0.3, -0.25) is 4.90 Å². The zero-order chi connectivity index (χ0) is 18.1. The van der Waals surface area contributed by atoms with E-state index in [2.05, 4.69) is 10.1 Å². The lowest BCUT2D eigenvalue weighted by Gasteiger charge is -2.21. The fraction of sp³-hybridized carbons (Fsp3) is 0.529. The molecule has 2 amide bonds. The zero-order valence-electron chi connectivity index (χ0n) is 14.5. The maximum absolute atomic E-state index is 14.6. The van der Waals surface area contributed by atoms with Crippen molar-refractivity contribution in [3.05, 3.63) is 24.0 Å². The van der Waals surface area contributed by atoms with Crippen LogP contribution in [0.2, 0.25) is 0 Å². The number of alkyl carbamates (subject to hydrolysis) is 1. The highest BCUT2D eigenvalue weighted by Crippen LogP contribution is 2.31. The van der Waals surface area contributed by atoms with Crippen LogP contribution < -0.4 is 15.1 Å². The van der Waals surface area contributed by atoms with Gasteiger partial charge >= 0.3 is 12.2 Å². The number of carbonyl (C=O) groups excluding carboxylic acids is 2. The summed E-state index contributed by atoms with van der Waals surface area (Å²) >= 11 is 0. The van der Waals surface area contributed by atoms with E-state index >= 15 is 0 Å². The number of amides is 2. The molecule has 2 fully saturated rings. The lowest BCUT2D eigenvalue weighted by Crippen LogP contribution is -2.39. The van der Waals surface area contributed by atoms with Crippen molar-refractivity contribution in [1.82, 2.24) is 5.32 Å². The van der Waals surface area contributed by atoms with Gasteiger partial charge in [0, 0.05) is 13.1 Å². The molecular weight excluding hydrogens is 329 g/mol. The number of nitrogens with zero attached hydrogens (tertiary/aromatic N) is 2. The summed E-state index contributed by atoms with van der Waals surface area (Å²) in [6, 6.07) is 4.61. The molecule has 2 aliphatic heterocycles. The van der Waals surface area contributed by atoms with Gasteiger partial charge in [0.15, 0.2) is 0 Å². The quantitative estimate of drug-likeness (QED) is 0.905. The van der Waals surface area contributed by atoms with Gasteiger partial charge in [-0.05, 0) is 31.0 Å². The molecule has 0 aromatic heterocycles. The number of halogens is 1. The molecule has 7 nitrogen and oxygen atoms in total. The molecular formula is C17H22FN3O4. The van der Waals surface area contributed by atoms with Gasteiger partial charge in [-0.1, -0.05) is 6.92 Å². The summed E-state index contributed by atoms with van der Waals surface area (Å²) in [7, 11) is 1.31. The van der Waals surface area contributed by atoms with Crippen molar-refractivity contribution >= 4 is 23.6 Å². The minimum absolute atomic E-state index is 0.110. The highest BCUT2D eigenvalue weighted by atomic mass is 19.1. The number of benzene rings is 1. The average molecular weight is 351 g/mol. The lowest BCUT2D eigenvalue weighted by molar-refractivity contribution is 0.149. The number of rotatable bonds is 3. The molecule has 136 valence electrons. The second-order valence-corrected chi connectivity index (χ2v) is 6.57. The fourth-order valence-corrected chi connectivity index (χ4v) is 3.30. The minimum Gasteiger partial charge on any atom is -0.453 e. The molecule has 0 spiro atoms. The molecule has 3 rings (SSSR count). The standard InChI is InChI=1S/C17H22FN3O4/c1-10-7-20(9-14(10)19-16(22)24-3)15-5-4-12(6-13(15)18)21-8-11(2)25-17(21)23/h4-6,10-11,14H,7-9H2,1-3H3,(H,19,22)/t10-,11?,14+/m1/s1. The molecule has 1 unspecified atom stereocenters. The summed E-state index contributed by atoms with van der Waals surface area (Å²) in [4.78, 5) is 26.5. The van der Waals surface area contributed by atoms with E-state index in [1.165, 1.54) is 18.1 Å². The Bertz CT molecular complexity index is 684. The first-order chi connectivity index (χ1) is 11.9.